The smallest absolute Gasteiger partial charge is 0.347 e. The Morgan fingerprint density at radius 1 is 1.26 bits per heavy atom. The van der Waals surface area contributed by atoms with Crippen molar-refractivity contribution in [2.75, 3.05) is 0 Å². The molecular formula is C15H15NO2S. The number of ether oxygens (including phenoxy) is 1. The van der Waals surface area contributed by atoms with Crippen LogP contribution in [0, 0.1) is 0 Å². The van der Waals surface area contributed by atoms with Crippen molar-refractivity contribution in [3.63, 3.8) is 0 Å². The van der Waals surface area contributed by atoms with E-state index in [2.05, 4.69) is 6.07 Å². The molecule has 0 spiro atoms. The van der Waals surface area contributed by atoms with Crippen LogP contribution in [0.1, 0.15) is 20.8 Å². The topological polar surface area (TPSA) is 31.2 Å². The number of esters is 1. The minimum atomic E-state index is -0.471. The van der Waals surface area contributed by atoms with E-state index in [-0.39, 0.29) is 5.97 Å². The fourth-order valence-corrected chi connectivity index (χ4v) is 3.06. The lowest BCUT2D eigenvalue weighted by atomic mass is 10.2. The summed E-state index contributed by atoms with van der Waals surface area (Å²) in [6, 6.07) is 8.16. The van der Waals surface area contributed by atoms with Gasteiger partial charge in [-0.25, -0.2) is 4.79 Å². The molecule has 0 radical (unpaired) electrons. The van der Waals surface area contributed by atoms with E-state index in [0.29, 0.717) is 4.91 Å². The van der Waals surface area contributed by atoms with Crippen LogP contribution < -0.4 is 0 Å². The average Bonchev–Trinajstić information content (AvgIpc) is 2.72. The summed E-state index contributed by atoms with van der Waals surface area (Å²) in [6.07, 6.45) is 3.81. The second-order valence-electron chi connectivity index (χ2n) is 5.51. The molecule has 3 nitrogen and oxygen atoms in total. The first-order chi connectivity index (χ1) is 8.94. The quantitative estimate of drug-likeness (QED) is 0.739. The summed E-state index contributed by atoms with van der Waals surface area (Å²) >= 11 is 1.47. The molecule has 1 aromatic heterocycles. The fraction of sp³-hybridized carbons (Fsp3) is 0.267. The predicted octanol–water partition coefficient (Wildman–Crippen LogP) is 3.89. The zero-order valence-electron chi connectivity index (χ0n) is 11.1. The monoisotopic (exact) mass is 273 g/mol. The van der Waals surface area contributed by atoms with Gasteiger partial charge in [-0.15, -0.1) is 0 Å². The Morgan fingerprint density at radius 2 is 2.05 bits per heavy atom. The molecule has 2 heterocycles. The second-order valence-corrected chi connectivity index (χ2v) is 6.60. The van der Waals surface area contributed by atoms with Crippen molar-refractivity contribution in [1.82, 2.24) is 4.57 Å². The highest BCUT2D eigenvalue weighted by Gasteiger charge is 2.24. The zero-order chi connectivity index (χ0) is 13.6. The van der Waals surface area contributed by atoms with Crippen LogP contribution in [-0.2, 0) is 9.53 Å². The number of aromatic nitrogens is 1. The van der Waals surface area contributed by atoms with Gasteiger partial charge in [0.15, 0.2) is 0 Å². The molecule has 98 valence electrons. The molecule has 3 rings (SSSR count). The largest absolute Gasteiger partial charge is 0.456 e. The van der Waals surface area contributed by atoms with Gasteiger partial charge < -0.3 is 9.30 Å². The second kappa shape index (κ2) is 4.17. The highest BCUT2D eigenvalue weighted by Crippen LogP contribution is 2.38. The van der Waals surface area contributed by atoms with Crippen molar-refractivity contribution in [3.8, 4) is 0 Å². The molecule has 0 aliphatic carbocycles. The van der Waals surface area contributed by atoms with Gasteiger partial charge in [-0.3, -0.25) is 0 Å². The summed E-state index contributed by atoms with van der Waals surface area (Å²) in [6.45, 7) is 5.63. The van der Waals surface area contributed by atoms with Gasteiger partial charge in [0.2, 0.25) is 0 Å². The number of thioether (sulfide) groups is 1. The number of carbonyl (C=O) groups is 1. The molecule has 4 heteroatoms. The van der Waals surface area contributed by atoms with Crippen molar-refractivity contribution in [3.05, 3.63) is 35.4 Å². The van der Waals surface area contributed by atoms with Crippen molar-refractivity contribution < 1.29 is 9.53 Å². The molecule has 2 aromatic rings. The summed E-state index contributed by atoms with van der Waals surface area (Å²) in [5.74, 6) is -0.270. The van der Waals surface area contributed by atoms with E-state index in [1.807, 2.05) is 55.9 Å². The maximum Gasteiger partial charge on any atom is 0.347 e. The Bertz CT molecular complexity index is 692. The first-order valence-electron chi connectivity index (χ1n) is 6.17. The normalized spacial score (nSPS) is 14.4. The van der Waals surface area contributed by atoms with Gasteiger partial charge in [0.1, 0.15) is 10.5 Å². The van der Waals surface area contributed by atoms with Gasteiger partial charge in [-0.2, -0.15) is 0 Å². The van der Waals surface area contributed by atoms with E-state index in [0.717, 1.165) is 10.4 Å². The van der Waals surface area contributed by atoms with Crippen LogP contribution in [0.2, 0.25) is 0 Å². The fourth-order valence-electron chi connectivity index (χ4n) is 2.07. The highest BCUT2D eigenvalue weighted by atomic mass is 32.2. The van der Waals surface area contributed by atoms with E-state index < -0.39 is 5.60 Å². The Hall–Kier alpha value is -1.68. The standard InChI is InChI=1S/C15H15NO2S/c1-15(2,3)18-14(17)12-9-16-8-7-10-5-4-6-11(19-12)13(10)16/h4-9H,1-3H3. The average molecular weight is 273 g/mol. The van der Waals surface area contributed by atoms with E-state index in [1.165, 1.54) is 17.1 Å². The molecule has 0 amide bonds. The van der Waals surface area contributed by atoms with E-state index in [9.17, 15) is 4.79 Å². The lowest BCUT2D eigenvalue weighted by Gasteiger charge is -2.22. The lowest BCUT2D eigenvalue weighted by Crippen LogP contribution is -2.24. The number of para-hydroxylation sites is 1. The molecule has 0 bridgehead atoms. The number of carbonyl (C=O) groups excluding carboxylic acids is 1. The first-order valence-corrected chi connectivity index (χ1v) is 6.98. The van der Waals surface area contributed by atoms with E-state index in [1.54, 1.807) is 0 Å². The van der Waals surface area contributed by atoms with Crippen LogP contribution in [0.5, 0.6) is 0 Å². The zero-order valence-corrected chi connectivity index (χ0v) is 12.0. The SMILES string of the molecule is CC(C)(C)OC(=O)C1=Cn2ccc3cccc(c32)S1. The lowest BCUT2D eigenvalue weighted by molar-refractivity contribution is -0.148. The van der Waals surface area contributed by atoms with Crippen molar-refractivity contribution >= 4 is 34.8 Å². The molecule has 0 unspecified atom stereocenters. The highest BCUT2D eigenvalue weighted by molar-refractivity contribution is 8.04. The number of rotatable bonds is 1. The third-order valence-electron chi connectivity index (χ3n) is 2.78. The van der Waals surface area contributed by atoms with Crippen LogP contribution in [0.4, 0.5) is 0 Å². The number of nitrogens with zero attached hydrogens (tertiary/aromatic N) is 1. The molecule has 0 atom stereocenters. The van der Waals surface area contributed by atoms with Crippen LogP contribution in [-0.4, -0.2) is 16.1 Å². The van der Waals surface area contributed by atoms with Crippen LogP contribution >= 0.6 is 11.8 Å². The molecule has 1 aliphatic heterocycles. The summed E-state index contributed by atoms with van der Waals surface area (Å²) in [4.78, 5) is 13.8. The molecule has 1 aromatic carbocycles. The number of hydrogen-bond donors (Lipinski definition) is 0. The Kier molecular flexibility index (Phi) is 2.71. The van der Waals surface area contributed by atoms with Crippen LogP contribution in [0.25, 0.3) is 17.1 Å². The predicted molar refractivity (Wildman–Crippen MR) is 77.9 cm³/mol. The number of hydrogen-bond acceptors (Lipinski definition) is 3. The molecule has 0 saturated heterocycles. The summed E-state index contributed by atoms with van der Waals surface area (Å²) in [7, 11) is 0. The van der Waals surface area contributed by atoms with Gasteiger partial charge in [0.05, 0.1) is 5.52 Å². The maximum absolute atomic E-state index is 12.1. The van der Waals surface area contributed by atoms with Crippen LogP contribution in [0.15, 0.2) is 40.3 Å². The molecular weight excluding hydrogens is 258 g/mol. The summed E-state index contributed by atoms with van der Waals surface area (Å²) < 4.78 is 7.41. The summed E-state index contributed by atoms with van der Waals surface area (Å²) in [5, 5.41) is 1.18. The van der Waals surface area contributed by atoms with Crippen molar-refractivity contribution in [2.24, 2.45) is 0 Å². The van der Waals surface area contributed by atoms with E-state index >= 15 is 0 Å². The Balaban J connectivity index is 1.99. The Morgan fingerprint density at radius 3 is 2.79 bits per heavy atom. The van der Waals surface area contributed by atoms with E-state index in [4.69, 9.17) is 4.74 Å². The van der Waals surface area contributed by atoms with Gasteiger partial charge in [-0.1, -0.05) is 23.9 Å². The molecule has 0 saturated carbocycles. The third-order valence-corrected chi connectivity index (χ3v) is 3.82. The molecule has 19 heavy (non-hydrogen) atoms. The minimum Gasteiger partial charge on any atom is -0.456 e. The van der Waals surface area contributed by atoms with Gasteiger partial charge >= 0.3 is 5.97 Å². The minimum absolute atomic E-state index is 0.270. The molecule has 0 N–H and O–H groups in total. The van der Waals surface area contributed by atoms with Gasteiger partial charge in [0.25, 0.3) is 0 Å². The molecule has 0 fully saturated rings. The van der Waals surface area contributed by atoms with Crippen molar-refractivity contribution in [2.45, 2.75) is 31.3 Å². The van der Waals surface area contributed by atoms with Crippen LogP contribution in [0.3, 0.4) is 0 Å². The van der Waals surface area contributed by atoms with Gasteiger partial charge in [0, 0.05) is 22.7 Å². The molecule has 1 aliphatic rings. The van der Waals surface area contributed by atoms with Crippen molar-refractivity contribution in [1.29, 1.82) is 0 Å². The van der Waals surface area contributed by atoms with Gasteiger partial charge in [-0.05, 0) is 32.9 Å². The summed E-state index contributed by atoms with van der Waals surface area (Å²) in [5.41, 5.74) is 0.682. The maximum atomic E-state index is 12.1. The first kappa shape index (κ1) is 12.4. The number of benzene rings is 1. The third kappa shape index (κ3) is 2.28. The Labute approximate surface area is 116 Å².